The molecule has 8 nitrogen and oxygen atoms in total. The van der Waals surface area contributed by atoms with Gasteiger partial charge < -0.3 is 19.3 Å². The van der Waals surface area contributed by atoms with E-state index in [1.165, 1.54) is 34.9 Å². The average molecular weight is 655 g/mol. The zero-order chi connectivity index (χ0) is 31.8. The van der Waals surface area contributed by atoms with Gasteiger partial charge in [-0.3, -0.25) is 14.6 Å². The number of carboxylic acids is 1. The van der Waals surface area contributed by atoms with Gasteiger partial charge in [0.25, 0.3) is 5.91 Å². The van der Waals surface area contributed by atoms with Crippen LogP contribution in [0.2, 0.25) is 0 Å². The molecule has 2 aliphatic rings. The largest absolute Gasteiger partial charge is 0.494 e. The van der Waals surface area contributed by atoms with Gasteiger partial charge in [0.15, 0.2) is 11.6 Å². The summed E-state index contributed by atoms with van der Waals surface area (Å²) in [6.07, 6.45) is 3.03. The molecule has 2 fully saturated rings. The number of carboxylic acid groups (broad SMARTS) is 1. The standard InChI is InChI=1S/C33H32F2N2O6S2/c34-27-9-5-24(20-28(27)35)23-6-10-29(43-16-1-11-36-13-17-41-18-14-36)25(19-23)21-30-31(38)37(33(44)45-30)12-2-15-42-26-7-3-22(4-8-26)32(39)40/h3-10,19-21H,1-2,11-18H2,(H,39,40)/b30-21-. The minimum Gasteiger partial charge on any atom is -0.494 e. The van der Waals surface area contributed by atoms with Crippen LogP contribution in [0.25, 0.3) is 17.2 Å². The number of thioether (sulfide) groups is 1. The second-order valence-electron chi connectivity index (χ2n) is 10.4. The molecule has 0 atom stereocenters. The Bertz CT molecular complexity index is 1580. The van der Waals surface area contributed by atoms with E-state index in [0.717, 1.165) is 51.4 Å². The molecule has 45 heavy (non-hydrogen) atoms. The minimum atomic E-state index is -1.01. The van der Waals surface area contributed by atoms with Gasteiger partial charge in [0, 0.05) is 31.7 Å². The van der Waals surface area contributed by atoms with E-state index < -0.39 is 17.6 Å². The van der Waals surface area contributed by atoms with Crippen molar-refractivity contribution in [3.05, 3.63) is 88.3 Å². The maximum atomic E-state index is 14.0. The Kier molecular flexibility index (Phi) is 11.2. The molecule has 3 aromatic carbocycles. The Hall–Kier alpha value is -3.84. The molecule has 0 unspecified atom stereocenters. The number of hydrogen-bond donors (Lipinski definition) is 1. The van der Waals surface area contributed by atoms with Crippen LogP contribution in [0.5, 0.6) is 11.5 Å². The quantitative estimate of drug-likeness (QED) is 0.133. The predicted molar refractivity (Wildman–Crippen MR) is 173 cm³/mol. The van der Waals surface area contributed by atoms with Crippen molar-refractivity contribution >= 4 is 46.3 Å². The first-order valence-corrected chi connectivity index (χ1v) is 15.7. The highest BCUT2D eigenvalue weighted by Gasteiger charge is 2.32. The molecule has 1 N–H and O–H groups in total. The molecule has 2 saturated heterocycles. The normalized spacial score (nSPS) is 16.4. The SMILES string of the molecule is O=C(O)c1ccc(OCCCN2C(=O)/C(=C/c3cc(-c4ccc(F)c(F)c4)ccc3OCCCN3CCOCC3)SC2=S)cc1. The van der Waals surface area contributed by atoms with Crippen molar-refractivity contribution in [3.63, 3.8) is 0 Å². The van der Waals surface area contributed by atoms with E-state index in [-0.39, 0.29) is 11.5 Å². The lowest BCUT2D eigenvalue weighted by Crippen LogP contribution is -2.37. The van der Waals surface area contributed by atoms with Gasteiger partial charge >= 0.3 is 5.97 Å². The predicted octanol–water partition coefficient (Wildman–Crippen LogP) is 6.10. The number of amides is 1. The van der Waals surface area contributed by atoms with Crippen molar-refractivity contribution in [1.82, 2.24) is 9.80 Å². The molecule has 0 bridgehead atoms. The first kappa shape index (κ1) is 32.6. The summed E-state index contributed by atoms with van der Waals surface area (Å²) in [5.41, 5.74) is 1.93. The summed E-state index contributed by atoms with van der Waals surface area (Å²) in [5.74, 6) is -2.03. The zero-order valence-electron chi connectivity index (χ0n) is 24.4. The molecule has 0 saturated carbocycles. The van der Waals surface area contributed by atoms with Gasteiger partial charge in [-0.05, 0) is 78.6 Å². The van der Waals surface area contributed by atoms with Gasteiger partial charge in [-0.1, -0.05) is 36.1 Å². The van der Waals surface area contributed by atoms with Gasteiger partial charge in [0.05, 0.1) is 36.9 Å². The maximum Gasteiger partial charge on any atom is 0.335 e. The lowest BCUT2D eigenvalue weighted by molar-refractivity contribution is -0.122. The number of hydrogen-bond acceptors (Lipinski definition) is 8. The Labute approximate surface area is 269 Å². The van der Waals surface area contributed by atoms with Crippen LogP contribution in [-0.2, 0) is 9.53 Å². The summed E-state index contributed by atoms with van der Waals surface area (Å²) in [6, 6.07) is 15.2. The van der Waals surface area contributed by atoms with Crippen molar-refractivity contribution < 1.29 is 37.7 Å². The molecule has 0 spiro atoms. The second-order valence-corrected chi connectivity index (χ2v) is 12.1. The van der Waals surface area contributed by atoms with Crippen LogP contribution in [0.3, 0.4) is 0 Å². The van der Waals surface area contributed by atoms with Gasteiger partial charge in [0.1, 0.15) is 15.8 Å². The van der Waals surface area contributed by atoms with Crippen LogP contribution in [0.1, 0.15) is 28.8 Å². The van der Waals surface area contributed by atoms with Gasteiger partial charge in [-0.25, -0.2) is 13.6 Å². The third kappa shape index (κ3) is 8.66. The van der Waals surface area contributed by atoms with E-state index in [9.17, 15) is 18.4 Å². The van der Waals surface area contributed by atoms with E-state index in [1.807, 2.05) is 0 Å². The van der Waals surface area contributed by atoms with Crippen LogP contribution in [0, 0.1) is 11.6 Å². The number of halogens is 2. The first-order chi connectivity index (χ1) is 21.8. The van der Waals surface area contributed by atoms with E-state index in [1.54, 1.807) is 36.4 Å². The van der Waals surface area contributed by atoms with Crippen molar-refractivity contribution in [2.24, 2.45) is 0 Å². The molecular formula is C33H32F2N2O6S2. The molecule has 2 aliphatic heterocycles. The van der Waals surface area contributed by atoms with E-state index in [2.05, 4.69) is 4.90 Å². The molecule has 236 valence electrons. The summed E-state index contributed by atoms with van der Waals surface area (Å²) in [7, 11) is 0. The van der Waals surface area contributed by atoms with Crippen molar-refractivity contribution in [3.8, 4) is 22.6 Å². The fourth-order valence-electron chi connectivity index (χ4n) is 4.88. The highest BCUT2D eigenvalue weighted by molar-refractivity contribution is 8.26. The molecule has 2 heterocycles. The van der Waals surface area contributed by atoms with Crippen LogP contribution in [-0.4, -0.2) is 83.7 Å². The summed E-state index contributed by atoms with van der Waals surface area (Å²) >= 11 is 6.70. The summed E-state index contributed by atoms with van der Waals surface area (Å²) < 4.78 is 45.3. The highest BCUT2D eigenvalue weighted by Crippen LogP contribution is 2.36. The number of aromatic carboxylic acids is 1. The number of nitrogens with zero attached hydrogens (tertiary/aromatic N) is 2. The van der Waals surface area contributed by atoms with Crippen LogP contribution in [0.4, 0.5) is 8.78 Å². The smallest absolute Gasteiger partial charge is 0.335 e. The Morgan fingerprint density at radius 1 is 0.933 bits per heavy atom. The van der Waals surface area contributed by atoms with Crippen molar-refractivity contribution in [2.45, 2.75) is 12.8 Å². The molecule has 0 aliphatic carbocycles. The lowest BCUT2D eigenvalue weighted by Gasteiger charge is -2.26. The van der Waals surface area contributed by atoms with Crippen LogP contribution in [0.15, 0.2) is 65.6 Å². The zero-order valence-corrected chi connectivity index (χ0v) is 26.0. The van der Waals surface area contributed by atoms with Crippen molar-refractivity contribution in [1.29, 1.82) is 0 Å². The second kappa shape index (κ2) is 15.4. The molecule has 0 radical (unpaired) electrons. The fraction of sp³-hybridized carbons (Fsp3) is 0.303. The summed E-state index contributed by atoms with van der Waals surface area (Å²) in [5, 5.41) is 9.03. The third-order valence-electron chi connectivity index (χ3n) is 7.30. The van der Waals surface area contributed by atoms with E-state index in [4.69, 9.17) is 31.5 Å². The average Bonchev–Trinajstić information content (AvgIpc) is 3.31. The monoisotopic (exact) mass is 654 g/mol. The highest BCUT2D eigenvalue weighted by atomic mass is 32.2. The van der Waals surface area contributed by atoms with E-state index in [0.29, 0.717) is 63.6 Å². The lowest BCUT2D eigenvalue weighted by atomic mass is 10.0. The van der Waals surface area contributed by atoms with Gasteiger partial charge in [-0.2, -0.15) is 0 Å². The van der Waals surface area contributed by atoms with E-state index >= 15 is 0 Å². The summed E-state index contributed by atoms with van der Waals surface area (Å²) in [4.78, 5) is 28.7. The third-order valence-corrected chi connectivity index (χ3v) is 8.68. The first-order valence-electron chi connectivity index (χ1n) is 14.5. The number of benzene rings is 3. The summed E-state index contributed by atoms with van der Waals surface area (Å²) in [6.45, 7) is 5.22. The minimum absolute atomic E-state index is 0.170. The Morgan fingerprint density at radius 2 is 1.62 bits per heavy atom. The molecule has 3 aromatic rings. The number of morpholine rings is 1. The Morgan fingerprint density at radius 3 is 2.36 bits per heavy atom. The maximum absolute atomic E-state index is 14.0. The molecule has 0 aromatic heterocycles. The van der Waals surface area contributed by atoms with Crippen molar-refractivity contribution in [2.75, 3.05) is 52.6 Å². The van der Waals surface area contributed by atoms with Crippen LogP contribution < -0.4 is 9.47 Å². The molecule has 1 amide bonds. The van der Waals surface area contributed by atoms with Gasteiger partial charge in [0.2, 0.25) is 0 Å². The fourth-order valence-corrected chi connectivity index (χ4v) is 6.18. The number of carbonyl (C=O) groups is 2. The van der Waals surface area contributed by atoms with Gasteiger partial charge in [-0.15, -0.1) is 0 Å². The van der Waals surface area contributed by atoms with Crippen LogP contribution >= 0.6 is 24.0 Å². The number of ether oxygens (including phenoxy) is 3. The molecule has 5 rings (SSSR count). The topological polar surface area (TPSA) is 88.5 Å². The number of thiocarbonyl (C=S) groups is 1. The number of carbonyl (C=O) groups excluding carboxylic acids is 1. The molecular weight excluding hydrogens is 623 g/mol. The Balaban J connectivity index is 1.26. The molecule has 12 heteroatoms. The number of rotatable bonds is 13.